The molecule has 9 nitrogen and oxygen atoms in total. The largest absolute Gasteiger partial charge is 0.481 e. The maximum absolute atomic E-state index is 12.7. The summed E-state index contributed by atoms with van der Waals surface area (Å²) in [7, 11) is 1.48. The number of carbonyl (C=O) groups is 2. The molecule has 0 bridgehead atoms. The number of nitrogen functional groups attached to an aromatic ring is 1. The predicted octanol–water partition coefficient (Wildman–Crippen LogP) is 1.10. The lowest BCUT2D eigenvalue weighted by atomic mass is 9.86. The summed E-state index contributed by atoms with van der Waals surface area (Å²) < 4.78 is 1.12. The summed E-state index contributed by atoms with van der Waals surface area (Å²) >= 11 is 0. The summed E-state index contributed by atoms with van der Waals surface area (Å²) in [5.74, 6) is -1.73. The molecule has 1 saturated carbocycles. The van der Waals surface area contributed by atoms with Crippen molar-refractivity contribution in [3.05, 3.63) is 51.8 Å². The second-order valence-electron chi connectivity index (χ2n) is 7.22. The topological polar surface area (TPSA) is 151 Å². The highest BCUT2D eigenvalue weighted by atomic mass is 16.4. The lowest BCUT2D eigenvalue weighted by molar-refractivity contribution is -0.142. The lowest BCUT2D eigenvalue weighted by Gasteiger charge is -2.26. The Morgan fingerprint density at radius 1 is 1.21 bits per heavy atom. The van der Waals surface area contributed by atoms with E-state index in [4.69, 9.17) is 16.2 Å². The molecule has 29 heavy (non-hydrogen) atoms. The fraction of sp³-hybridized carbons (Fsp3) is 0.350. The molecule has 1 heterocycles. The number of aliphatic carboxylic acids is 1. The van der Waals surface area contributed by atoms with Crippen molar-refractivity contribution in [2.24, 2.45) is 18.7 Å². The van der Waals surface area contributed by atoms with Crippen molar-refractivity contribution in [1.29, 1.82) is 5.41 Å². The number of carboxylic acid groups (broad SMARTS) is 1. The van der Waals surface area contributed by atoms with Crippen LogP contribution >= 0.6 is 0 Å². The number of aryl methyl sites for hydroxylation is 1. The minimum absolute atomic E-state index is 0.0199. The predicted molar refractivity (Wildman–Crippen MR) is 107 cm³/mol. The maximum Gasteiger partial charge on any atom is 0.306 e. The van der Waals surface area contributed by atoms with Gasteiger partial charge in [0, 0.05) is 24.2 Å². The van der Waals surface area contributed by atoms with Crippen LogP contribution in [0, 0.1) is 11.3 Å². The lowest BCUT2D eigenvalue weighted by Crippen LogP contribution is -2.41. The van der Waals surface area contributed by atoms with Crippen LogP contribution in [0.5, 0.6) is 0 Å². The van der Waals surface area contributed by atoms with Gasteiger partial charge in [0.25, 0.3) is 11.5 Å². The van der Waals surface area contributed by atoms with E-state index in [1.54, 1.807) is 24.3 Å². The monoisotopic (exact) mass is 397 g/mol. The molecule has 0 radical (unpaired) electrons. The van der Waals surface area contributed by atoms with E-state index >= 15 is 0 Å². The first-order valence-corrected chi connectivity index (χ1v) is 9.33. The van der Waals surface area contributed by atoms with Gasteiger partial charge >= 0.3 is 5.97 Å². The fourth-order valence-electron chi connectivity index (χ4n) is 3.48. The molecule has 152 valence electrons. The number of nitrogens with two attached hydrogens (primary N) is 1. The van der Waals surface area contributed by atoms with Crippen LogP contribution in [-0.4, -0.2) is 38.6 Å². The molecule has 1 amide bonds. The van der Waals surface area contributed by atoms with Crippen molar-refractivity contribution >= 4 is 17.7 Å². The van der Waals surface area contributed by atoms with E-state index in [1.807, 2.05) is 0 Å². The van der Waals surface area contributed by atoms with Crippen molar-refractivity contribution in [2.45, 2.75) is 31.7 Å². The van der Waals surface area contributed by atoms with E-state index in [1.165, 1.54) is 13.1 Å². The first-order chi connectivity index (χ1) is 13.8. The Kier molecular flexibility index (Phi) is 5.76. The van der Waals surface area contributed by atoms with E-state index in [0.717, 1.165) is 4.68 Å². The van der Waals surface area contributed by atoms with Crippen molar-refractivity contribution in [3.8, 4) is 11.3 Å². The van der Waals surface area contributed by atoms with Gasteiger partial charge in [-0.1, -0.05) is 24.3 Å². The van der Waals surface area contributed by atoms with Gasteiger partial charge < -0.3 is 16.2 Å². The van der Waals surface area contributed by atoms with Crippen molar-refractivity contribution in [2.75, 3.05) is 0 Å². The summed E-state index contributed by atoms with van der Waals surface area (Å²) in [5.41, 5.74) is 6.62. The quantitative estimate of drug-likeness (QED) is 0.438. The molecule has 5 N–H and O–H groups in total. The van der Waals surface area contributed by atoms with Gasteiger partial charge in [-0.2, -0.15) is 5.10 Å². The minimum atomic E-state index is -0.807. The van der Waals surface area contributed by atoms with Gasteiger partial charge in [0.2, 0.25) is 0 Å². The third kappa shape index (κ3) is 4.50. The third-order valence-electron chi connectivity index (χ3n) is 5.21. The van der Waals surface area contributed by atoms with Crippen LogP contribution in [0.3, 0.4) is 0 Å². The fourth-order valence-corrected chi connectivity index (χ4v) is 3.48. The van der Waals surface area contributed by atoms with Crippen LogP contribution in [0.4, 0.5) is 0 Å². The number of carbonyl (C=O) groups excluding carboxylic acids is 1. The second-order valence-corrected chi connectivity index (χ2v) is 7.22. The number of carboxylic acids is 1. The molecule has 1 aromatic carbocycles. The van der Waals surface area contributed by atoms with E-state index in [0.29, 0.717) is 42.5 Å². The second kappa shape index (κ2) is 8.26. The Labute approximate surface area is 167 Å². The standard InChI is InChI=1S/C20H23N5O4/c1-25-19(27)15(18(26)23-14-8-6-13(7-9-14)20(28)29)10-16(24-25)11-2-4-12(5-3-11)17(21)22/h2-5,10,13-14H,6-9H2,1H3,(H3,21,22)(H,23,26)(H,28,29)/t13-,14-. The minimum Gasteiger partial charge on any atom is -0.481 e. The van der Waals surface area contributed by atoms with Crippen LogP contribution in [0.1, 0.15) is 41.6 Å². The Morgan fingerprint density at radius 3 is 2.38 bits per heavy atom. The number of amidine groups is 1. The SMILES string of the molecule is Cn1nc(-c2ccc(C(=N)N)cc2)cc(C(=O)N[C@H]2CC[C@H](C(=O)O)CC2)c1=O. The summed E-state index contributed by atoms with van der Waals surface area (Å²) in [6.07, 6.45) is 2.13. The first-order valence-electron chi connectivity index (χ1n) is 9.33. The molecular weight excluding hydrogens is 374 g/mol. The molecule has 0 aliphatic heterocycles. The molecule has 9 heteroatoms. The zero-order valence-electron chi connectivity index (χ0n) is 16.0. The van der Waals surface area contributed by atoms with Crippen LogP contribution < -0.4 is 16.6 Å². The highest BCUT2D eigenvalue weighted by Crippen LogP contribution is 2.24. The molecular formula is C20H23N5O4. The van der Waals surface area contributed by atoms with Gasteiger partial charge in [0.15, 0.2) is 0 Å². The molecule has 0 unspecified atom stereocenters. The molecule has 1 aromatic heterocycles. The Bertz CT molecular complexity index is 1000. The first kappa shape index (κ1) is 20.2. The van der Waals surface area contributed by atoms with Gasteiger partial charge in [-0.25, -0.2) is 4.68 Å². The van der Waals surface area contributed by atoms with E-state index in [-0.39, 0.29) is 23.4 Å². The summed E-state index contributed by atoms with van der Waals surface area (Å²) in [4.78, 5) is 36.2. The van der Waals surface area contributed by atoms with Gasteiger partial charge in [-0.3, -0.25) is 19.8 Å². The van der Waals surface area contributed by atoms with Gasteiger partial charge in [-0.15, -0.1) is 0 Å². The Hall–Kier alpha value is -3.49. The highest BCUT2D eigenvalue weighted by Gasteiger charge is 2.27. The normalized spacial score (nSPS) is 18.8. The van der Waals surface area contributed by atoms with Crippen LogP contribution in [0.2, 0.25) is 0 Å². The zero-order valence-corrected chi connectivity index (χ0v) is 16.0. The van der Waals surface area contributed by atoms with Crippen molar-refractivity contribution < 1.29 is 14.7 Å². The number of amides is 1. The van der Waals surface area contributed by atoms with Crippen molar-refractivity contribution in [3.63, 3.8) is 0 Å². The highest BCUT2D eigenvalue weighted by molar-refractivity contribution is 5.96. The molecule has 1 aliphatic carbocycles. The average molecular weight is 397 g/mol. The van der Waals surface area contributed by atoms with Gasteiger partial charge in [0.05, 0.1) is 11.6 Å². The van der Waals surface area contributed by atoms with Gasteiger partial charge in [0.1, 0.15) is 11.4 Å². The van der Waals surface area contributed by atoms with Crippen LogP contribution in [0.15, 0.2) is 35.1 Å². The number of benzene rings is 1. The number of nitrogens with one attached hydrogen (secondary N) is 2. The zero-order chi connectivity index (χ0) is 21.1. The van der Waals surface area contributed by atoms with E-state index < -0.39 is 17.4 Å². The molecule has 1 fully saturated rings. The summed E-state index contributed by atoms with van der Waals surface area (Å²) in [5, 5.41) is 23.6. The summed E-state index contributed by atoms with van der Waals surface area (Å²) in [6, 6.07) is 8.07. The molecule has 0 saturated heterocycles. The van der Waals surface area contributed by atoms with E-state index in [9.17, 15) is 14.4 Å². The molecule has 0 atom stereocenters. The number of rotatable bonds is 5. The third-order valence-corrected chi connectivity index (χ3v) is 5.21. The molecule has 2 aromatic rings. The smallest absolute Gasteiger partial charge is 0.306 e. The van der Waals surface area contributed by atoms with Crippen molar-refractivity contribution in [1.82, 2.24) is 15.1 Å². The van der Waals surface area contributed by atoms with Crippen LogP contribution in [0.25, 0.3) is 11.3 Å². The van der Waals surface area contributed by atoms with E-state index in [2.05, 4.69) is 10.4 Å². The van der Waals surface area contributed by atoms with Crippen LogP contribution in [-0.2, 0) is 11.8 Å². The molecule has 0 spiro atoms. The average Bonchev–Trinajstić information content (AvgIpc) is 2.70. The number of aromatic nitrogens is 2. The molecule has 3 rings (SSSR count). The Balaban J connectivity index is 1.80. The number of hydrogen-bond donors (Lipinski definition) is 4. The summed E-state index contributed by atoms with van der Waals surface area (Å²) in [6.45, 7) is 0. The maximum atomic E-state index is 12.7. The number of nitrogens with zero attached hydrogens (tertiary/aromatic N) is 2. The number of hydrogen-bond acceptors (Lipinski definition) is 5. The molecule has 1 aliphatic rings. The Morgan fingerprint density at radius 2 is 1.83 bits per heavy atom. The van der Waals surface area contributed by atoms with Gasteiger partial charge in [-0.05, 0) is 31.7 Å².